The number of anilines is 2. The van der Waals surface area contributed by atoms with Crippen molar-refractivity contribution in [3.8, 4) is 0 Å². The van der Waals surface area contributed by atoms with Gasteiger partial charge in [-0.1, -0.05) is 11.6 Å². The van der Waals surface area contributed by atoms with E-state index in [0.717, 1.165) is 6.07 Å². The predicted octanol–water partition coefficient (Wildman–Crippen LogP) is 3.38. The summed E-state index contributed by atoms with van der Waals surface area (Å²) in [7, 11) is 0. The van der Waals surface area contributed by atoms with Crippen molar-refractivity contribution >= 4 is 40.2 Å². The van der Waals surface area contributed by atoms with E-state index < -0.39 is 5.82 Å². The van der Waals surface area contributed by atoms with Crippen LogP contribution in [-0.4, -0.2) is 5.91 Å². The Bertz CT molecular complexity index is 570. The number of thiophene rings is 1. The first kappa shape index (κ1) is 11.9. The van der Waals surface area contributed by atoms with Crippen LogP contribution in [0.25, 0.3) is 0 Å². The van der Waals surface area contributed by atoms with Crippen LogP contribution in [0.1, 0.15) is 9.67 Å². The van der Waals surface area contributed by atoms with Gasteiger partial charge in [0.25, 0.3) is 5.91 Å². The fourth-order valence-corrected chi connectivity index (χ4v) is 2.28. The van der Waals surface area contributed by atoms with Crippen LogP contribution in [0.15, 0.2) is 29.6 Å². The number of amides is 1. The Morgan fingerprint density at radius 1 is 1.41 bits per heavy atom. The molecule has 0 aliphatic rings. The summed E-state index contributed by atoms with van der Waals surface area (Å²) >= 11 is 7.03. The molecule has 1 heterocycles. The van der Waals surface area contributed by atoms with E-state index in [1.807, 2.05) is 0 Å². The molecule has 6 heteroatoms. The number of nitrogens with two attached hydrogens (primary N) is 1. The zero-order chi connectivity index (χ0) is 12.4. The minimum atomic E-state index is -0.569. The lowest BCUT2D eigenvalue weighted by molar-refractivity contribution is 0.103. The third-order valence-corrected chi connectivity index (χ3v) is 3.42. The van der Waals surface area contributed by atoms with Crippen LogP contribution < -0.4 is 11.1 Å². The van der Waals surface area contributed by atoms with Crippen LogP contribution in [0, 0.1) is 5.82 Å². The molecule has 0 saturated heterocycles. The minimum absolute atomic E-state index is 0.0390. The Labute approximate surface area is 106 Å². The summed E-state index contributed by atoms with van der Waals surface area (Å²) in [5.74, 6) is -0.936. The van der Waals surface area contributed by atoms with Crippen molar-refractivity contribution < 1.29 is 9.18 Å². The van der Waals surface area contributed by atoms with Gasteiger partial charge in [-0.3, -0.25) is 4.79 Å². The molecule has 0 aliphatic heterocycles. The lowest BCUT2D eigenvalue weighted by Crippen LogP contribution is -2.11. The van der Waals surface area contributed by atoms with Crippen LogP contribution in [0.2, 0.25) is 5.02 Å². The average Bonchev–Trinajstić information content (AvgIpc) is 2.70. The molecule has 0 fully saturated rings. The van der Waals surface area contributed by atoms with Crippen LogP contribution in [0.5, 0.6) is 0 Å². The smallest absolute Gasteiger partial charge is 0.267 e. The SMILES string of the molecule is Nc1ccc(NC(=O)c2sccc2Cl)cc1F. The van der Waals surface area contributed by atoms with Gasteiger partial charge in [0.2, 0.25) is 0 Å². The van der Waals surface area contributed by atoms with Crippen LogP contribution >= 0.6 is 22.9 Å². The second-order valence-corrected chi connectivity index (χ2v) is 4.61. The highest BCUT2D eigenvalue weighted by molar-refractivity contribution is 7.12. The Morgan fingerprint density at radius 3 is 2.76 bits per heavy atom. The number of carbonyl (C=O) groups is 1. The van der Waals surface area contributed by atoms with Gasteiger partial charge < -0.3 is 11.1 Å². The zero-order valence-electron chi connectivity index (χ0n) is 8.54. The van der Waals surface area contributed by atoms with E-state index in [1.54, 1.807) is 11.4 Å². The summed E-state index contributed by atoms with van der Waals surface area (Å²) in [4.78, 5) is 12.1. The number of halogens is 2. The topological polar surface area (TPSA) is 55.1 Å². The van der Waals surface area contributed by atoms with Crippen molar-refractivity contribution in [3.05, 3.63) is 45.4 Å². The predicted molar refractivity (Wildman–Crippen MR) is 68.1 cm³/mol. The average molecular weight is 271 g/mol. The Balaban J connectivity index is 2.19. The molecule has 0 bridgehead atoms. The molecule has 2 aromatic rings. The maximum absolute atomic E-state index is 13.2. The third-order valence-electron chi connectivity index (χ3n) is 2.08. The summed E-state index contributed by atoms with van der Waals surface area (Å²) < 4.78 is 13.2. The van der Waals surface area contributed by atoms with Crippen molar-refractivity contribution in [2.75, 3.05) is 11.1 Å². The van der Waals surface area contributed by atoms with Gasteiger partial charge in [-0.2, -0.15) is 0 Å². The lowest BCUT2D eigenvalue weighted by Gasteiger charge is -2.05. The van der Waals surface area contributed by atoms with Crippen molar-refractivity contribution in [1.29, 1.82) is 0 Å². The van der Waals surface area contributed by atoms with Gasteiger partial charge in [-0.15, -0.1) is 11.3 Å². The van der Waals surface area contributed by atoms with Gasteiger partial charge in [0.05, 0.1) is 10.7 Å². The first-order valence-corrected chi connectivity index (χ1v) is 5.93. The first-order chi connectivity index (χ1) is 8.08. The highest BCUT2D eigenvalue weighted by Gasteiger charge is 2.12. The quantitative estimate of drug-likeness (QED) is 0.822. The Kier molecular flexibility index (Phi) is 3.31. The van der Waals surface area contributed by atoms with Crippen molar-refractivity contribution in [2.45, 2.75) is 0 Å². The van der Waals surface area contributed by atoms with Crippen molar-refractivity contribution in [3.63, 3.8) is 0 Å². The second-order valence-electron chi connectivity index (χ2n) is 3.29. The summed E-state index contributed by atoms with van der Waals surface area (Å²) in [5.41, 5.74) is 5.71. The van der Waals surface area contributed by atoms with Gasteiger partial charge in [0, 0.05) is 5.69 Å². The molecule has 0 aliphatic carbocycles. The number of nitrogens with one attached hydrogen (secondary N) is 1. The van der Waals surface area contributed by atoms with E-state index in [-0.39, 0.29) is 11.6 Å². The molecule has 1 aromatic heterocycles. The van der Waals surface area contributed by atoms with Crippen LogP contribution in [0.3, 0.4) is 0 Å². The standard InChI is InChI=1S/C11H8ClFN2OS/c12-7-3-4-17-10(7)11(16)15-6-1-2-9(14)8(13)5-6/h1-5H,14H2,(H,15,16). The molecule has 0 spiro atoms. The summed E-state index contributed by atoms with van der Waals surface area (Å²) in [5, 5.41) is 4.63. The van der Waals surface area contributed by atoms with E-state index in [1.165, 1.54) is 23.5 Å². The van der Waals surface area contributed by atoms with Gasteiger partial charge >= 0.3 is 0 Å². The molecule has 3 nitrogen and oxygen atoms in total. The van der Waals surface area contributed by atoms with Crippen LogP contribution in [-0.2, 0) is 0 Å². The number of hydrogen-bond donors (Lipinski definition) is 2. The summed E-state index contributed by atoms with van der Waals surface area (Å²) in [6.07, 6.45) is 0. The number of rotatable bonds is 2. The maximum Gasteiger partial charge on any atom is 0.267 e. The lowest BCUT2D eigenvalue weighted by atomic mass is 10.2. The van der Waals surface area contributed by atoms with Gasteiger partial charge in [-0.25, -0.2) is 4.39 Å². The van der Waals surface area contributed by atoms with Crippen LogP contribution in [0.4, 0.5) is 15.8 Å². The fraction of sp³-hybridized carbons (Fsp3) is 0. The summed E-state index contributed by atoms with van der Waals surface area (Å²) in [6.45, 7) is 0. The Hall–Kier alpha value is -1.59. The van der Waals surface area contributed by atoms with Gasteiger partial charge in [0.15, 0.2) is 0 Å². The highest BCUT2D eigenvalue weighted by Crippen LogP contribution is 2.24. The molecule has 0 radical (unpaired) electrons. The normalized spacial score (nSPS) is 10.2. The van der Waals surface area contributed by atoms with Crippen molar-refractivity contribution in [2.24, 2.45) is 0 Å². The number of carbonyl (C=O) groups excluding carboxylic acids is 1. The molecule has 0 saturated carbocycles. The first-order valence-electron chi connectivity index (χ1n) is 4.67. The largest absolute Gasteiger partial charge is 0.396 e. The van der Waals surface area contributed by atoms with E-state index in [9.17, 15) is 9.18 Å². The molecule has 0 atom stereocenters. The van der Waals surface area contributed by atoms with Gasteiger partial charge in [-0.05, 0) is 29.6 Å². The number of hydrogen-bond acceptors (Lipinski definition) is 3. The fourth-order valence-electron chi connectivity index (χ4n) is 1.25. The summed E-state index contributed by atoms with van der Waals surface area (Å²) in [6, 6.07) is 5.71. The molecule has 1 amide bonds. The zero-order valence-corrected chi connectivity index (χ0v) is 10.1. The van der Waals surface area contributed by atoms with E-state index in [4.69, 9.17) is 17.3 Å². The number of benzene rings is 1. The molecule has 2 rings (SSSR count). The third kappa shape index (κ3) is 2.57. The van der Waals surface area contributed by atoms with E-state index in [2.05, 4.69) is 5.32 Å². The molecular formula is C11H8ClFN2OS. The van der Waals surface area contributed by atoms with Gasteiger partial charge in [0.1, 0.15) is 10.7 Å². The molecule has 88 valence electrons. The molecule has 17 heavy (non-hydrogen) atoms. The molecule has 1 aromatic carbocycles. The molecule has 0 unspecified atom stereocenters. The Morgan fingerprint density at radius 2 is 2.18 bits per heavy atom. The molecule has 3 N–H and O–H groups in total. The monoisotopic (exact) mass is 270 g/mol. The highest BCUT2D eigenvalue weighted by atomic mass is 35.5. The van der Waals surface area contributed by atoms with E-state index >= 15 is 0 Å². The maximum atomic E-state index is 13.2. The second kappa shape index (κ2) is 4.73. The van der Waals surface area contributed by atoms with Crippen molar-refractivity contribution in [1.82, 2.24) is 0 Å². The number of nitrogen functional groups attached to an aromatic ring is 1. The minimum Gasteiger partial charge on any atom is -0.396 e. The molecular weight excluding hydrogens is 263 g/mol. The van der Waals surface area contributed by atoms with E-state index in [0.29, 0.717) is 15.6 Å².